The second kappa shape index (κ2) is 7.09. The minimum atomic E-state index is -0.0894. The number of halogens is 1. The third-order valence-electron chi connectivity index (χ3n) is 4.37. The van der Waals surface area contributed by atoms with E-state index >= 15 is 0 Å². The van der Waals surface area contributed by atoms with Gasteiger partial charge in [-0.15, -0.1) is 0 Å². The van der Waals surface area contributed by atoms with Crippen molar-refractivity contribution in [3.05, 3.63) is 52.9 Å². The fourth-order valence-electron chi connectivity index (χ4n) is 2.92. The van der Waals surface area contributed by atoms with Crippen LogP contribution in [-0.2, 0) is 4.79 Å². The number of hydrogen-bond donors (Lipinski definition) is 1. The molecule has 0 bridgehead atoms. The molecule has 2 heterocycles. The Balaban J connectivity index is 1.56. The molecule has 0 spiro atoms. The first-order chi connectivity index (χ1) is 11.5. The summed E-state index contributed by atoms with van der Waals surface area (Å²) in [6, 6.07) is 7.05. The van der Waals surface area contributed by atoms with Crippen molar-refractivity contribution < 1.29 is 14.0 Å². The quantitative estimate of drug-likeness (QED) is 0.921. The highest BCUT2D eigenvalue weighted by molar-refractivity contribution is 6.30. The Morgan fingerprint density at radius 2 is 2.00 bits per heavy atom. The molecule has 1 aliphatic heterocycles. The van der Waals surface area contributed by atoms with Crippen molar-refractivity contribution in [2.24, 2.45) is 5.92 Å². The number of hydrogen-bond acceptors (Lipinski definition) is 3. The Morgan fingerprint density at radius 3 is 2.62 bits per heavy atom. The number of benzene rings is 1. The highest BCUT2D eigenvalue weighted by Crippen LogP contribution is 2.24. The lowest BCUT2D eigenvalue weighted by atomic mass is 9.95. The zero-order valence-electron chi connectivity index (χ0n) is 13.4. The van der Waals surface area contributed by atoms with Crippen LogP contribution in [0.3, 0.4) is 0 Å². The molecule has 0 aliphatic carbocycles. The Hall–Kier alpha value is -2.27. The summed E-state index contributed by atoms with van der Waals surface area (Å²) in [5.74, 6) is -0.138. The summed E-state index contributed by atoms with van der Waals surface area (Å²) in [6.07, 6.45) is 4.25. The summed E-state index contributed by atoms with van der Waals surface area (Å²) in [5, 5.41) is 3.61. The second-order valence-corrected chi connectivity index (χ2v) is 6.46. The molecule has 1 aromatic carbocycles. The average Bonchev–Trinajstić information content (AvgIpc) is 3.11. The first kappa shape index (κ1) is 16.6. The number of piperidine rings is 1. The van der Waals surface area contributed by atoms with Gasteiger partial charge in [0.05, 0.1) is 11.8 Å². The fraction of sp³-hybridized carbons (Fsp3) is 0.333. The van der Waals surface area contributed by atoms with E-state index in [1.807, 2.05) is 19.1 Å². The van der Waals surface area contributed by atoms with Crippen LogP contribution in [0.4, 0.5) is 5.69 Å². The van der Waals surface area contributed by atoms with Crippen LogP contribution in [0, 0.1) is 12.8 Å². The number of nitrogens with zero attached hydrogens (tertiary/aromatic N) is 1. The smallest absolute Gasteiger partial charge is 0.257 e. The number of amides is 2. The third kappa shape index (κ3) is 3.62. The molecule has 1 saturated heterocycles. The largest absolute Gasteiger partial charge is 0.472 e. The number of likely N-dealkylation sites (tertiary alicyclic amines) is 1. The number of aryl methyl sites for hydroxylation is 1. The maximum atomic E-state index is 12.4. The summed E-state index contributed by atoms with van der Waals surface area (Å²) >= 11 is 5.93. The molecule has 1 fully saturated rings. The first-order valence-electron chi connectivity index (χ1n) is 7.93. The highest BCUT2D eigenvalue weighted by atomic mass is 35.5. The molecule has 1 aromatic heterocycles. The Labute approximate surface area is 145 Å². The van der Waals surface area contributed by atoms with E-state index in [-0.39, 0.29) is 17.7 Å². The molecule has 2 amide bonds. The van der Waals surface area contributed by atoms with Crippen molar-refractivity contribution in [1.82, 2.24) is 4.90 Å². The number of furan rings is 1. The monoisotopic (exact) mass is 346 g/mol. The summed E-state index contributed by atoms with van der Waals surface area (Å²) in [4.78, 5) is 26.5. The van der Waals surface area contributed by atoms with Crippen LogP contribution in [0.2, 0.25) is 5.02 Å². The van der Waals surface area contributed by atoms with E-state index in [1.54, 1.807) is 17.0 Å². The molecule has 126 valence electrons. The van der Waals surface area contributed by atoms with Crippen LogP contribution >= 0.6 is 11.6 Å². The van der Waals surface area contributed by atoms with E-state index in [4.69, 9.17) is 16.0 Å². The van der Waals surface area contributed by atoms with Gasteiger partial charge in [0.1, 0.15) is 6.26 Å². The standard InChI is InChI=1S/C18H19ClN2O3/c1-12-10-15(19)2-3-16(12)20-17(22)13-4-7-21(8-5-13)18(23)14-6-9-24-11-14/h2-3,6,9-11,13H,4-5,7-8H2,1H3,(H,20,22). The van der Waals surface area contributed by atoms with Crippen molar-refractivity contribution in [2.75, 3.05) is 18.4 Å². The number of anilines is 1. The molecule has 0 atom stereocenters. The van der Waals surface area contributed by atoms with Gasteiger partial charge in [0.25, 0.3) is 5.91 Å². The van der Waals surface area contributed by atoms with Gasteiger partial charge in [0, 0.05) is 29.7 Å². The molecule has 24 heavy (non-hydrogen) atoms. The molecule has 1 aliphatic rings. The van der Waals surface area contributed by atoms with Crippen molar-refractivity contribution in [3.63, 3.8) is 0 Å². The topological polar surface area (TPSA) is 62.6 Å². The number of carbonyl (C=O) groups excluding carboxylic acids is 2. The molecule has 5 nitrogen and oxygen atoms in total. The van der Waals surface area contributed by atoms with Crippen molar-refractivity contribution in [1.29, 1.82) is 0 Å². The lowest BCUT2D eigenvalue weighted by molar-refractivity contribution is -0.121. The lowest BCUT2D eigenvalue weighted by Gasteiger charge is -2.31. The zero-order valence-corrected chi connectivity index (χ0v) is 14.2. The van der Waals surface area contributed by atoms with E-state index in [2.05, 4.69) is 5.32 Å². The van der Waals surface area contributed by atoms with Gasteiger partial charge in [-0.25, -0.2) is 0 Å². The molecule has 0 unspecified atom stereocenters. The van der Waals surface area contributed by atoms with Crippen LogP contribution in [0.5, 0.6) is 0 Å². The van der Waals surface area contributed by atoms with Gasteiger partial charge in [0.2, 0.25) is 5.91 Å². The average molecular weight is 347 g/mol. The van der Waals surface area contributed by atoms with Crippen LogP contribution < -0.4 is 5.32 Å². The summed E-state index contributed by atoms with van der Waals surface area (Å²) in [6.45, 7) is 3.05. The van der Waals surface area contributed by atoms with Gasteiger partial charge in [0.15, 0.2) is 0 Å². The molecule has 0 saturated carbocycles. The van der Waals surface area contributed by atoms with Crippen LogP contribution in [0.25, 0.3) is 0 Å². The first-order valence-corrected chi connectivity index (χ1v) is 8.31. The number of carbonyl (C=O) groups is 2. The van der Waals surface area contributed by atoms with Gasteiger partial charge in [-0.1, -0.05) is 11.6 Å². The molecule has 6 heteroatoms. The number of rotatable bonds is 3. The summed E-state index contributed by atoms with van der Waals surface area (Å²) < 4.78 is 4.95. The minimum absolute atomic E-state index is 0.00386. The predicted octanol–water partition coefficient (Wildman–Crippen LogP) is 3.73. The van der Waals surface area contributed by atoms with Gasteiger partial charge in [-0.2, -0.15) is 0 Å². The Morgan fingerprint density at radius 1 is 1.25 bits per heavy atom. The van der Waals surface area contributed by atoms with Gasteiger partial charge < -0.3 is 14.6 Å². The van der Waals surface area contributed by atoms with Crippen molar-refractivity contribution >= 4 is 29.1 Å². The van der Waals surface area contributed by atoms with E-state index in [1.165, 1.54) is 12.5 Å². The highest BCUT2D eigenvalue weighted by Gasteiger charge is 2.28. The fourth-order valence-corrected chi connectivity index (χ4v) is 3.14. The molecule has 3 rings (SSSR count). The van der Waals surface area contributed by atoms with Crippen LogP contribution in [0.1, 0.15) is 28.8 Å². The van der Waals surface area contributed by atoms with Crippen molar-refractivity contribution in [2.45, 2.75) is 19.8 Å². The zero-order chi connectivity index (χ0) is 17.1. The number of nitrogens with one attached hydrogen (secondary N) is 1. The van der Waals surface area contributed by atoms with Gasteiger partial charge >= 0.3 is 0 Å². The predicted molar refractivity (Wildman–Crippen MR) is 92.2 cm³/mol. The van der Waals surface area contributed by atoms with Crippen molar-refractivity contribution in [3.8, 4) is 0 Å². The third-order valence-corrected chi connectivity index (χ3v) is 4.60. The summed E-state index contributed by atoms with van der Waals surface area (Å²) in [7, 11) is 0. The maximum Gasteiger partial charge on any atom is 0.257 e. The molecular weight excluding hydrogens is 328 g/mol. The Bertz CT molecular complexity index is 735. The molecule has 1 N–H and O–H groups in total. The minimum Gasteiger partial charge on any atom is -0.472 e. The summed E-state index contributed by atoms with van der Waals surface area (Å²) in [5.41, 5.74) is 2.26. The van der Waals surface area contributed by atoms with Crippen LogP contribution in [-0.4, -0.2) is 29.8 Å². The van der Waals surface area contributed by atoms with Gasteiger partial charge in [-0.05, 0) is 49.6 Å². The van der Waals surface area contributed by atoms with E-state index in [0.717, 1.165) is 11.3 Å². The van der Waals surface area contributed by atoms with Crippen LogP contribution in [0.15, 0.2) is 41.2 Å². The normalized spacial score (nSPS) is 15.3. The lowest BCUT2D eigenvalue weighted by Crippen LogP contribution is -2.41. The van der Waals surface area contributed by atoms with Gasteiger partial charge in [-0.3, -0.25) is 9.59 Å². The SMILES string of the molecule is Cc1cc(Cl)ccc1NC(=O)C1CCN(C(=O)c2ccoc2)CC1. The van der Waals surface area contributed by atoms with E-state index in [9.17, 15) is 9.59 Å². The van der Waals surface area contributed by atoms with E-state index in [0.29, 0.717) is 36.5 Å². The second-order valence-electron chi connectivity index (χ2n) is 6.03. The molecule has 0 radical (unpaired) electrons. The Kier molecular flexibility index (Phi) is 4.90. The molecular formula is C18H19ClN2O3. The molecule has 2 aromatic rings. The van der Waals surface area contributed by atoms with E-state index < -0.39 is 0 Å². The maximum absolute atomic E-state index is 12.4.